The Balaban J connectivity index is 1.45. The molecule has 0 aliphatic carbocycles. The Morgan fingerprint density at radius 3 is 2.79 bits per heavy atom. The summed E-state index contributed by atoms with van der Waals surface area (Å²) in [7, 11) is 0. The van der Waals surface area contributed by atoms with Gasteiger partial charge >= 0.3 is 6.03 Å². The second-order valence-corrected chi connectivity index (χ2v) is 5.64. The molecule has 0 unspecified atom stereocenters. The average Bonchev–Trinajstić information content (AvgIpc) is 3.16. The molecule has 24 heavy (non-hydrogen) atoms. The third kappa shape index (κ3) is 4.56. The topological polar surface area (TPSA) is 71.4 Å². The van der Waals surface area contributed by atoms with E-state index in [2.05, 4.69) is 20.6 Å². The van der Waals surface area contributed by atoms with Crippen molar-refractivity contribution in [3.05, 3.63) is 48.3 Å². The number of para-hydroxylation sites is 1. The van der Waals surface area contributed by atoms with Crippen LogP contribution in [0.3, 0.4) is 0 Å². The molecule has 3 rings (SSSR count). The van der Waals surface area contributed by atoms with Crippen molar-refractivity contribution in [2.45, 2.75) is 6.54 Å². The van der Waals surface area contributed by atoms with Gasteiger partial charge in [-0.2, -0.15) is 5.10 Å². The lowest BCUT2D eigenvalue weighted by molar-refractivity contribution is 0.0387. The Morgan fingerprint density at radius 2 is 2.00 bits per heavy atom. The van der Waals surface area contributed by atoms with Gasteiger partial charge in [-0.05, 0) is 17.7 Å². The molecule has 2 heterocycles. The lowest BCUT2D eigenvalue weighted by Crippen LogP contribution is -2.43. The van der Waals surface area contributed by atoms with Crippen molar-refractivity contribution < 1.29 is 9.53 Å². The molecule has 1 saturated heterocycles. The Kier molecular flexibility index (Phi) is 5.81. The van der Waals surface area contributed by atoms with Gasteiger partial charge in [-0.15, -0.1) is 0 Å². The molecule has 1 fully saturated rings. The SMILES string of the molecule is O=C(NCCN1CCOCC1)NCc1ccccc1-n1cccn1. The molecule has 2 aromatic rings. The summed E-state index contributed by atoms with van der Waals surface area (Å²) in [6, 6.07) is 9.62. The van der Waals surface area contributed by atoms with Crippen molar-refractivity contribution in [1.29, 1.82) is 0 Å². The van der Waals surface area contributed by atoms with Crippen molar-refractivity contribution in [2.75, 3.05) is 39.4 Å². The van der Waals surface area contributed by atoms with Crippen LogP contribution in [0.4, 0.5) is 4.79 Å². The minimum atomic E-state index is -0.154. The molecule has 2 amide bonds. The molecule has 0 saturated carbocycles. The highest BCUT2D eigenvalue weighted by atomic mass is 16.5. The standard InChI is InChI=1S/C17H23N5O2/c23-17(18-7-9-21-10-12-24-13-11-21)19-14-15-4-1-2-5-16(15)22-8-3-6-20-22/h1-6,8H,7,9-14H2,(H2,18,19,23). The first-order chi connectivity index (χ1) is 11.8. The van der Waals surface area contributed by atoms with Crippen molar-refractivity contribution in [2.24, 2.45) is 0 Å². The number of nitrogens with zero attached hydrogens (tertiary/aromatic N) is 3. The normalized spacial score (nSPS) is 15.2. The summed E-state index contributed by atoms with van der Waals surface area (Å²) in [6.07, 6.45) is 3.63. The van der Waals surface area contributed by atoms with E-state index >= 15 is 0 Å². The zero-order chi connectivity index (χ0) is 16.6. The summed E-state index contributed by atoms with van der Waals surface area (Å²) >= 11 is 0. The summed E-state index contributed by atoms with van der Waals surface area (Å²) in [6.45, 7) is 5.35. The maximum atomic E-state index is 12.0. The maximum absolute atomic E-state index is 12.0. The van der Waals surface area contributed by atoms with Crippen molar-refractivity contribution >= 4 is 6.03 Å². The first kappa shape index (κ1) is 16.5. The highest BCUT2D eigenvalue weighted by molar-refractivity contribution is 5.73. The van der Waals surface area contributed by atoms with E-state index < -0.39 is 0 Å². The van der Waals surface area contributed by atoms with Gasteiger partial charge in [0, 0.05) is 45.1 Å². The smallest absolute Gasteiger partial charge is 0.315 e. The Hall–Kier alpha value is -2.38. The van der Waals surface area contributed by atoms with E-state index in [0.29, 0.717) is 13.1 Å². The predicted octanol–water partition coefficient (Wildman–Crippen LogP) is 1.00. The van der Waals surface area contributed by atoms with Crippen LogP contribution in [-0.4, -0.2) is 60.1 Å². The molecule has 128 valence electrons. The molecule has 7 nitrogen and oxygen atoms in total. The zero-order valence-electron chi connectivity index (χ0n) is 13.6. The molecule has 1 aliphatic heterocycles. The lowest BCUT2D eigenvalue weighted by Gasteiger charge is -2.26. The van der Waals surface area contributed by atoms with Gasteiger partial charge < -0.3 is 15.4 Å². The van der Waals surface area contributed by atoms with Crippen molar-refractivity contribution in [3.63, 3.8) is 0 Å². The largest absolute Gasteiger partial charge is 0.379 e. The summed E-state index contributed by atoms with van der Waals surface area (Å²) in [5.74, 6) is 0. The van der Waals surface area contributed by atoms with Crippen LogP contribution in [0, 0.1) is 0 Å². The fourth-order valence-corrected chi connectivity index (χ4v) is 2.69. The number of urea groups is 1. The van der Waals surface area contributed by atoms with E-state index in [9.17, 15) is 4.79 Å². The Labute approximate surface area is 141 Å². The van der Waals surface area contributed by atoms with Crippen LogP contribution in [0.15, 0.2) is 42.7 Å². The number of hydrogen-bond acceptors (Lipinski definition) is 4. The number of carbonyl (C=O) groups excluding carboxylic acids is 1. The van der Waals surface area contributed by atoms with E-state index in [-0.39, 0.29) is 6.03 Å². The maximum Gasteiger partial charge on any atom is 0.315 e. The molecule has 1 aliphatic rings. The van der Waals surface area contributed by atoms with Gasteiger partial charge in [0.15, 0.2) is 0 Å². The van der Waals surface area contributed by atoms with Gasteiger partial charge in [0.25, 0.3) is 0 Å². The summed E-state index contributed by atoms with van der Waals surface area (Å²) in [4.78, 5) is 14.3. The molecule has 0 radical (unpaired) electrons. The first-order valence-corrected chi connectivity index (χ1v) is 8.22. The van der Waals surface area contributed by atoms with Gasteiger partial charge in [-0.25, -0.2) is 9.48 Å². The Morgan fingerprint density at radius 1 is 1.17 bits per heavy atom. The van der Waals surface area contributed by atoms with E-state index in [4.69, 9.17) is 4.74 Å². The predicted molar refractivity (Wildman–Crippen MR) is 91.1 cm³/mol. The number of carbonyl (C=O) groups is 1. The molecule has 1 aromatic heterocycles. The third-order valence-corrected chi connectivity index (χ3v) is 4.00. The van der Waals surface area contributed by atoms with Crippen LogP contribution in [0.2, 0.25) is 0 Å². The van der Waals surface area contributed by atoms with Gasteiger partial charge in [-0.3, -0.25) is 4.90 Å². The van der Waals surface area contributed by atoms with E-state index in [1.54, 1.807) is 10.9 Å². The first-order valence-electron chi connectivity index (χ1n) is 8.22. The minimum Gasteiger partial charge on any atom is -0.379 e. The zero-order valence-corrected chi connectivity index (χ0v) is 13.6. The molecule has 0 bridgehead atoms. The highest BCUT2D eigenvalue weighted by Crippen LogP contribution is 2.12. The number of benzene rings is 1. The third-order valence-electron chi connectivity index (χ3n) is 4.00. The average molecular weight is 329 g/mol. The molecule has 0 spiro atoms. The van der Waals surface area contributed by atoms with Gasteiger partial charge in [0.1, 0.15) is 0 Å². The summed E-state index contributed by atoms with van der Waals surface area (Å²) < 4.78 is 7.11. The highest BCUT2D eigenvalue weighted by Gasteiger charge is 2.10. The number of amides is 2. The number of hydrogen-bond donors (Lipinski definition) is 2. The van der Waals surface area contributed by atoms with Crippen molar-refractivity contribution in [1.82, 2.24) is 25.3 Å². The van der Waals surface area contributed by atoms with E-state index in [1.165, 1.54) is 0 Å². The summed E-state index contributed by atoms with van der Waals surface area (Å²) in [5, 5.41) is 10.1. The van der Waals surface area contributed by atoms with E-state index in [0.717, 1.165) is 44.1 Å². The van der Waals surface area contributed by atoms with Crippen LogP contribution in [0.25, 0.3) is 5.69 Å². The quantitative estimate of drug-likeness (QED) is 0.829. The van der Waals surface area contributed by atoms with Gasteiger partial charge in [-0.1, -0.05) is 18.2 Å². The molecule has 7 heteroatoms. The monoisotopic (exact) mass is 329 g/mol. The number of morpholine rings is 1. The van der Waals surface area contributed by atoms with Gasteiger partial charge in [0.2, 0.25) is 0 Å². The van der Waals surface area contributed by atoms with E-state index in [1.807, 2.05) is 36.5 Å². The fraction of sp³-hybridized carbons (Fsp3) is 0.412. The second-order valence-electron chi connectivity index (χ2n) is 5.64. The molecular weight excluding hydrogens is 306 g/mol. The number of rotatable bonds is 6. The molecular formula is C17H23N5O2. The van der Waals surface area contributed by atoms with Crippen LogP contribution in [-0.2, 0) is 11.3 Å². The van der Waals surface area contributed by atoms with Crippen LogP contribution in [0.1, 0.15) is 5.56 Å². The van der Waals surface area contributed by atoms with Crippen LogP contribution in [0.5, 0.6) is 0 Å². The summed E-state index contributed by atoms with van der Waals surface area (Å²) in [5.41, 5.74) is 1.99. The van der Waals surface area contributed by atoms with Crippen LogP contribution < -0.4 is 10.6 Å². The van der Waals surface area contributed by atoms with Crippen molar-refractivity contribution in [3.8, 4) is 5.69 Å². The lowest BCUT2D eigenvalue weighted by atomic mass is 10.2. The number of ether oxygens (including phenoxy) is 1. The van der Waals surface area contributed by atoms with Crippen LogP contribution >= 0.6 is 0 Å². The van der Waals surface area contributed by atoms with Gasteiger partial charge in [0.05, 0.1) is 18.9 Å². The fourth-order valence-electron chi connectivity index (χ4n) is 2.69. The Bertz CT molecular complexity index is 638. The molecule has 1 aromatic carbocycles. The molecule has 0 atom stereocenters. The second kappa shape index (κ2) is 8.47. The minimum absolute atomic E-state index is 0.154. The number of nitrogens with one attached hydrogen (secondary N) is 2. The number of aromatic nitrogens is 2. The molecule has 2 N–H and O–H groups in total.